The Kier molecular flexibility index (Phi) is 3.17. The number of H-pyrrole nitrogens is 1. The Balaban J connectivity index is 1.98. The molecule has 0 saturated carbocycles. The first-order chi connectivity index (χ1) is 9.45. The average Bonchev–Trinajstić information content (AvgIpc) is 2.74. The van der Waals surface area contributed by atoms with Crippen molar-refractivity contribution in [1.82, 2.24) is 15.3 Å². The lowest BCUT2D eigenvalue weighted by Gasteiger charge is -2.24. The number of hydrogen-bond acceptors (Lipinski definition) is 2. The molecule has 1 aromatic heterocycles. The normalized spacial score (nSPS) is 16.2. The third-order valence-electron chi connectivity index (χ3n) is 4.16. The lowest BCUT2D eigenvalue weighted by molar-refractivity contribution is 0.433. The van der Waals surface area contributed by atoms with Crippen LogP contribution in [0.15, 0.2) is 24.4 Å². The molecule has 3 rings (SSSR count). The van der Waals surface area contributed by atoms with E-state index < -0.39 is 0 Å². The molecule has 1 aliphatic rings. The zero-order chi connectivity index (χ0) is 14.3. The van der Waals surface area contributed by atoms with E-state index >= 15 is 0 Å². The number of aromatic nitrogens is 2. The molecule has 20 heavy (non-hydrogen) atoms. The van der Waals surface area contributed by atoms with Gasteiger partial charge in [-0.05, 0) is 29.5 Å². The van der Waals surface area contributed by atoms with E-state index in [4.69, 9.17) is 0 Å². The van der Waals surface area contributed by atoms with Gasteiger partial charge < -0.3 is 10.3 Å². The second-order valence-electron chi connectivity index (χ2n) is 6.82. The summed E-state index contributed by atoms with van der Waals surface area (Å²) in [5, 5.41) is 3.29. The summed E-state index contributed by atoms with van der Waals surface area (Å²) in [5.74, 6) is 1.66. The van der Waals surface area contributed by atoms with Crippen LogP contribution in [0.4, 0.5) is 0 Å². The lowest BCUT2D eigenvalue weighted by atomic mass is 9.85. The summed E-state index contributed by atoms with van der Waals surface area (Å²) < 4.78 is 0. The molecule has 1 aromatic carbocycles. The van der Waals surface area contributed by atoms with Crippen molar-refractivity contribution >= 4 is 0 Å². The molecule has 0 atom stereocenters. The predicted octanol–water partition coefficient (Wildman–Crippen LogP) is 3.37. The Labute approximate surface area is 120 Å². The van der Waals surface area contributed by atoms with Gasteiger partial charge in [-0.25, -0.2) is 4.98 Å². The molecule has 1 aliphatic heterocycles. The highest BCUT2D eigenvalue weighted by Gasteiger charge is 2.22. The third-order valence-corrected chi connectivity index (χ3v) is 4.16. The van der Waals surface area contributed by atoms with Crippen LogP contribution in [0, 0.1) is 6.92 Å². The molecule has 0 aliphatic carbocycles. The van der Waals surface area contributed by atoms with Gasteiger partial charge >= 0.3 is 0 Å². The van der Waals surface area contributed by atoms with E-state index in [1.54, 1.807) is 0 Å². The van der Waals surface area contributed by atoms with E-state index in [9.17, 15) is 0 Å². The van der Waals surface area contributed by atoms with E-state index in [-0.39, 0.29) is 5.41 Å². The predicted molar refractivity (Wildman–Crippen MR) is 83.1 cm³/mol. The number of nitrogens with one attached hydrogen (secondary N) is 2. The monoisotopic (exact) mass is 269 g/mol. The molecule has 3 heteroatoms. The van der Waals surface area contributed by atoms with Gasteiger partial charge in [0.05, 0.1) is 11.9 Å². The largest absolute Gasteiger partial charge is 0.342 e. The van der Waals surface area contributed by atoms with Gasteiger partial charge in [0.1, 0.15) is 5.82 Å². The molecule has 1 fully saturated rings. The van der Waals surface area contributed by atoms with Crippen LogP contribution >= 0.6 is 0 Å². The van der Waals surface area contributed by atoms with Crippen LogP contribution in [0.1, 0.15) is 43.6 Å². The molecule has 2 N–H and O–H groups in total. The Hall–Kier alpha value is -1.61. The quantitative estimate of drug-likeness (QED) is 0.877. The van der Waals surface area contributed by atoms with E-state index in [0.29, 0.717) is 5.92 Å². The highest BCUT2D eigenvalue weighted by Crippen LogP contribution is 2.30. The van der Waals surface area contributed by atoms with Gasteiger partial charge in [-0.2, -0.15) is 0 Å². The minimum absolute atomic E-state index is 0.170. The SMILES string of the molecule is Cc1ccc(C(C)(C)C)cc1-c1cnc(C2CNC2)[nH]1. The van der Waals surface area contributed by atoms with Gasteiger partial charge in [0.15, 0.2) is 0 Å². The van der Waals surface area contributed by atoms with Crippen molar-refractivity contribution in [3.8, 4) is 11.3 Å². The van der Waals surface area contributed by atoms with Crippen molar-refractivity contribution < 1.29 is 0 Å². The molecule has 0 unspecified atom stereocenters. The van der Waals surface area contributed by atoms with E-state index in [0.717, 1.165) is 24.6 Å². The summed E-state index contributed by atoms with van der Waals surface area (Å²) in [6.07, 6.45) is 1.97. The highest BCUT2D eigenvalue weighted by atomic mass is 15.0. The first kappa shape index (κ1) is 13.4. The fourth-order valence-electron chi connectivity index (χ4n) is 2.54. The van der Waals surface area contributed by atoms with Crippen LogP contribution in [-0.2, 0) is 5.41 Å². The third kappa shape index (κ3) is 2.38. The number of nitrogens with zero attached hydrogens (tertiary/aromatic N) is 1. The first-order valence-corrected chi connectivity index (χ1v) is 7.32. The molecule has 2 aromatic rings. The molecule has 0 bridgehead atoms. The maximum absolute atomic E-state index is 4.55. The Morgan fingerprint density at radius 2 is 1.95 bits per heavy atom. The molecular weight excluding hydrogens is 246 g/mol. The molecule has 0 amide bonds. The molecule has 0 radical (unpaired) electrons. The van der Waals surface area contributed by atoms with Crippen LogP contribution in [-0.4, -0.2) is 23.1 Å². The standard InChI is InChI=1S/C17H23N3/c1-11-5-6-13(17(2,3)4)7-14(11)15-10-19-16(20-15)12-8-18-9-12/h5-7,10,12,18H,8-9H2,1-4H3,(H,19,20). The Morgan fingerprint density at radius 3 is 2.55 bits per heavy atom. The summed E-state index contributed by atoms with van der Waals surface area (Å²) >= 11 is 0. The van der Waals surface area contributed by atoms with Crippen molar-refractivity contribution in [3.63, 3.8) is 0 Å². The number of imidazole rings is 1. The summed E-state index contributed by atoms with van der Waals surface area (Å²) in [6, 6.07) is 6.74. The van der Waals surface area contributed by atoms with Gasteiger partial charge in [0.2, 0.25) is 0 Å². The van der Waals surface area contributed by atoms with Crippen molar-refractivity contribution in [3.05, 3.63) is 41.3 Å². The van der Waals surface area contributed by atoms with Gasteiger partial charge in [-0.3, -0.25) is 0 Å². The number of benzene rings is 1. The minimum Gasteiger partial charge on any atom is -0.342 e. The van der Waals surface area contributed by atoms with Crippen molar-refractivity contribution in [2.75, 3.05) is 13.1 Å². The summed E-state index contributed by atoms with van der Waals surface area (Å²) in [4.78, 5) is 8.05. The van der Waals surface area contributed by atoms with Crippen LogP contribution in [0.25, 0.3) is 11.3 Å². The van der Waals surface area contributed by atoms with Crippen molar-refractivity contribution in [1.29, 1.82) is 0 Å². The van der Waals surface area contributed by atoms with E-state index in [2.05, 4.69) is 61.2 Å². The molecule has 2 heterocycles. The smallest absolute Gasteiger partial charge is 0.112 e. The highest BCUT2D eigenvalue weighted by molar-refractivity contribution is 5.64. The maximum atomic E-state index is 4.55. The van der Waals surface area contributed by atoms with Crippen LogP contribution in [0.3, 0.4) is 0 Å². The van der Waals surface area contributed by atoms with Gasteiger partial charge in [-0.1, -0.05) is 32.9 Å². The molecular formula is C17H23N3. The topological polar surface area (TPSA) is 40.7 Å². The molecule has 0 spiro atoms. The Morgan fingerprint density at radius 1 is 1.20 bits per heavy atom. The van der Waals surface area contributed by atoms with Crippen molar-refractivity contribution in [2.24, 2.45) is 0 Å². The molecule has 1 saturated heterocycles. The summed E-state index contributed by atoms with van der Waals surface area (Å²) in [7, 11) is 0. The number of rotatable bonds is 2. The van der Waals surface area contributed by atoms with Crippen LogP contribution in [0.2, 0.25) is 0 Å². The second-order valence-corrected chi connectivity index (χ2v) is 6.82. The number of aromatic amines is 1. The lowest BCUT2D eigenvalue weighted by Crippen LogP contribution is -2.40. The van der Waals surface area contributed by atoms with Gasteiger partial charge in [0.25, 0.3) is 0 Å². The maximum Gasteiger partial charge on any atom is 0.112 e. The zero-order valence-electron chi connectivity index (χ0n) is 12.7. The van der Waals surface area contributed by atoms with Crippen molar-refractivity contribution in [2.45, 2.75) is 39.0 Å². The van der Waals surface area contributed by atoms with Gasteiger partial charge in [0, 0.05) is 24.6 Å². The average molecular weight is 269 g/mol. The van der Waals surface area contributed by atoms with Crippen LogP contribution < -0.4 is 5.32 Å². The summed E-state index contributed by atoms with van der Waals surface area (Å²) in [5.41, 5.74) is 5.22. The number of hydrogen-bond donors (Lipinski definition) is 2. The van der Waals surface area contributed by atoms with E-state index in [1.165, 1.54) is 16.7 Å². The minimum atomic E-state index is 0.170. The first-order valence-electron chi connectivity index (χ1n) is 7.32. The molecule has 3 nitrogen and oxygen atoms in total. The van der Waals surface area contributed by atoms with Gasteiger partial charge in [-0.15, -0.1) is 0 Å². The fraction of sp³-hybridized carbons (Fsp3) is 0.471. The number of aryl methyl sites for hydroxylation is 1. The van der Waals surface area contributed by atoms with E-state index in [1.807, 2.05) is 6.20 Å². The van der Waals surface area contributed by atoms with Crippen LogP contribution in [0.5, 0.6) is 0 Å². The zero-order valence-corrected chi connectivity index (χ0v) is 12.7. The fourth-order valence-corrected chi connectivity index (χ4v) is 2.54. The summed E-state index contributed by atoms with van der Waals surface area (Å²) in [6.45, 7) is 11.0. The Bertz CT molecular complexity index is 615. The molecule has 106 valence electrons. The second kappa shape index (κ2) is 4.74.